The quantitative estimate of drug-likeness (QED) is 0.697. The van der Waals surface area contributed by atoms with E-state index in [2.05, 4.69) is 0 Å². The number of hydrogen-bond donors (Lipinski definition) is 1. The third kappa shape index (κ3) is 3.21. The van der Waals surface area contributed by atoms with Crippen molar-refractivity contribution in [2.75, 3.05) is 5.73 Å². The fourth-order valence-corrected chi connectivity index (χ4v) is 2.34. The molecule has 1 fully saturated rings. The Morgan fingerprint density at radius 3 is 1.70 bits per heavy atom. The van der Waals surface area contributed by atoms with Crippen LogP contribution in [0.1, 0.15) is 27.7 Å². The normalized spacial score (nSPS) is 18.9. The number of ether oxygens (including phenoxy) is 1. The molecule has 2 N–H and O–H groups in total. The van der Waals surface area contributed by atoms with Crippen LogP contribution in [0.5, 0.6) is 11.5 Å². The molecule has 0 atom stereocenters. The maximum Gasteiger partial charge on any atom is 0.494 e. The molecule has 120 valence electrons. The van der Waals surface area contributed by atoms with Crippen LogP contribution in [0.4, 0.5) is 5.69 Å². The highest BCUT2D eigenvalue weighted by Gasteiger charge is 2.51. The van der Waals surface area contributed by atoms with Crippen molar-refractivity contribution in [3.05, 3.63) is 48.5 Å². The zero-order valence-corrected chi connectivity index (χ0v) is 14.0. The van der Waals surface area contributed by atoms with E-state index in [1.807, 2.05) is 76.2 Å². The van der Waals surface area contributed by atoms with Crippen molar-refractivity contribution in [2.24, 2.45) is 0 Å². The van der Waals surface area contributed by atoms with Gasteiger partial charge in [0, 0.05) is 5.69 Å². The van der Waals surface area contributed by atoms with Crippen LogP contribution in [-0.4, -0.2) is 18.3 Å². The molecule has 0 saturated carbocycles. The van der Waals surface area contributed by atoms with Crippen LogP contribution in [0.3, 0.4) is 0 Å². The van der Waals surface area contributed by atoms with Gasteiger partial charge in [-0.1, -0.05) is 12.1 Å². The minimum Gasteiger partial charge on any atom is -0.457 e. The maximum atomic E-state index is 6.04. The lowest BCUT2D eigenvalue weighted by Gasteiger charge is -2.32. The summed E-state index contributed by atoms with van der Waals surface area (Å²) in [5.74, 6) is 1.51. The van der Waals surface area contributed by atoms with Gasteiger partial charge in [-0.25, -0.2) is 0 Å². The van der Waals surface area contributed by atoms with Gasteiger partial charge in [0.15, 0.2) is 0 Å². The molecule has 4 nitrogen and oxygen atoms in total. The van der Waals surface area contributed by atoms with Crippen molar-refractivity contribution in [3.8, 4) is 11.5 Å². The van der Waals surface area contributed by atoms with Crippen molar-refractivity contribution in [2.45, 2.75) is 38.9 Å². The van der Waals surface area contributed by atoms with E-state index < -0.39 is 0 Å². The molecule has 0 bridgehead atoms. The summed E-state index contributed by atoms with van der Waals surface area (Å²) in [6, 6.07) is 15.1. The Balaban J connectivity index is 1.72. The molecule has 5 heteroatoms. The summed E-state index contributed by atoms with van der Waals surface area (Å²) >= 11 is 0. The molecular formula is C18H22BNO3. The van der Waals surface area contributed by atoms with Crippen LogP contribution >= 0.6 is 0 Å². The Bertz CT molecular complexity index is 664. The first-order valence-electron chi connectivity index (χ1n) is 7.76. The Labute approximate surface area is 137 Å². The molecule has 0 aromatic heterocycles. The van der Waals surface area contributed by atoms with Gasteiger partial charge >= 0.3 is 7.12 Å². The number of nitrogen functional groups attached to an aromatic ring is 1. The number of benzene rings is 2. The summed E-state index contributed by atoms with van der Waals surface area (Å²) in [5, 5.41) is 0. The van der Waals surface area contributed by atoms with Gasteiger partial charge in [0.25, 0.3) is 0 Å². The summed E-state index contributed by atoms with van der Waals surface area (Å²) < 4.78 is 17.9. The van der Waals surface area contributed by atoms with Crippen LogP contribution in [-0.2, 0) is 9.31 Å². The lowest BCUT2D eigenvalue weighted by Crippen LogP contribution is -2.41. The largest absolute Gasteiger partial charge is 0.494 e. The van der Waals surface area contributed by atoms with Gasteiger partial charge in [0.2, 0.25) is 0 Å². The second-order valence-electron chi connectivity index (χ2n) is 6.83. The zero-order valence-electron chi connectivity index (χ0n) is 14.0. The number of anilines is 1. The molecule has 3 rings (SSSR count). The van der Waals surface area contributed by atoms with E-state index in [9.17, 15) is 0 Å². The van der Waals surface area contributed by atoms with E-state index in [1.165, 1.54) is 0 Å². The smallest absolute Gasteiger partial charge is 0.457 e. The molecule has 1 saturated heterocycles. The van der Waals surface area contributed by atoms with Crippen molar-refractivity contribution in [1.82, 2.24) is 0 Å². The summed E-state index contributed by atoms with van der Waals surface area (Å²) in [6.45, 7) is 8.19. The molecule has 23 heavy (non-hydrogen) atoms. The molecule has 1 heterocycles. The van der Waals surface area contributed by atoms with Crippen molar-refractivity contribution < 1.29 is 14.0 Å². The topological polar surface area (TPSA) is 53.7 Å². The Hall–Kier alpha value is -1.98. The first kappa shape index (κ1) is 15.9. The molecule has 0 radical (unpaired) electrons. The van der Waals surface area contributed by atoms with Crippen LogP contribution in [0.2, 0.25) is 0 Å². The fourth-order valence-electron chi connectivity index (χ4n) is 2.34. The summed E-state index contributed by atoms with van der Waals surface area (Å²) in [7, 11) is -0.356. The highest BCUT2D eigenvalue weighted by atomic mass is 16.7. The molecule has 1 aliphatic rings. The third-order valence-electron chi connectivity index (χ3n) is 4.52. The second kappa shape index (κ2) is 5.58. The van der Waals surface area contributed by atoms with E-state index in [0.29, 0.717) is 5.69 Å². The van der Waals surface area contributed by atoms with Gasteiger partial charge in [-0.3, -0.25) is 0 Å². The third-order valence-corrected chi connectivity index (χ3v) is 4.52. The number of nitrogens with two attached hydrogens (primary N) is 1. The Morgan fingerprint density at radius 1 is 0.783 bits per heavy atom. The molecule has 2 aromatic rings. The molecular weight excluding hydrogens is 289 g/mol. The average molecular weight is 311 g/mol. The van der Waals surface area contributed by atoms with Gasteiger partial charge < -0.3 is 19.8 Å². The van der Waals surface area contributed by atoms with E-state index in [1.54, 1.807) is 0 Å². The predicted molar refractivity (Wildman–Crippen MR) is 93.1 cm³/mol. The Kier molecular flexibility index (Phi) is 3.86. The highest BCUT2D eigenvalue weighted by Crippen LogP contribution is 2.36. The molecule has 0 unspecified atom stereocenters. The zero-order chi connectivity index (χ0) is 16.7. The minimum atomic E-state index is -0.356. The van der Waals surface area contributed by atoms with Crippen LogP contribution < -0.4 is 15.9 Å². The standard InChI is InChI=1S/C18H22BNO3/c1-17(2)18(3,4)23-19(22-17)13-5-9-15(10-6-13)21-16-11-7-14(20)8-12-16/h5-12H,20H2,1-4H3. The molecule has 2 aromatic carbocycles. The number of rotatable bonds is 3. The van der Waals surface area contributed by atoms with E-state index >= 15 is 0 Å². The average Bonchev–Trinajstić information content (AvgIpc) is 2.71. The number of hydrogen-bond acceptors (Lipinski definition) is 4. The summed E-state index contributed by atoms with van der Waals surface area (Å²) in [5.41, 5.74) is 6.69. The van der Waals surface area contributed by atoms with E-state index in [4.69, 9.17) is 19.8 Å². The van der Waals surface area contributed by atoms with Crippen molar-refractivity contribution in [1.29, 1.82) is 0 Å². The minimum absolute atomic E-state index is 0.337. The van der Waals surface area contributed by atoms with Gasteiger partial charge in [-0.05, 0) is 69.6 Å². The fraction of sp³-hybridized carbons (Fsp3) is 0.333. The van der Waals surface area contributed by atoms with Crippen molar-refractivity contribution >= 4 is 18.3 Å². The highest BCUT2D eigenvalue weighted by molar-refractivity contribution is 6.62. The summed E-state index contributed by atoms with van der Waals surface area (Å²) in [6.07, 6.45) is 0. The molecule has 0 aliphatic carbocycles. The monoisotopic (exact) mass is 311 g/mol. The lowest BCUT2D eigenvalue weighted by molar-refractivity contribution is 0.00578. The predicted octanol–water partition coefficient (Wildman–Crippen LogP) is 3.36. The Morgan fingerprint density at radius 2 is 1.22 bits per heavy atom. The van der Waals surface area contributed by atoms with Gasteiger partial charge in [-0.15, -0.1) is 0 Å². The molecule has 1 aliphatic heterocycles. The van der Waals surface area contributed by atoms with Gasteiger partial charge in [-0.2, -0.15) is 0 Å². The SMILES string of the molecule is CC1(C)OB(c2ccc(Oc3ccc(N)cc3)cc2)OC1(C)C. The van der Waals surface area contributed by atoms with Gasteiger partial charge in [0.05, 0.1) is 11.2 Å². The maximum absolute atomic E-state index is 6.04. The van der Waals surface area contributed by atoms with E-state index in [-0.39, 0.29) is 18.3 Å². The molecule has 0 spiro atoms. The molecule has 0 amide bonds. The van der Waals surface area contributed by atoms with E-state index in [0.717, 1.165) is 17.0 Å². The first-order valence-corrected chi connectivity index (χ1v) is 7.76. The van der Waals surface area contributed by atoms with Crippen LogP contribution in [0.25, 0.3) is 0 Å². The van der Waals surface area contributed by atoms with Crippen LogP contribution in [0, 0.1) is 0 Å². The van der Waals surface area contributed by atoms with Gasteiger partial charge in [0.1, 0.15) is 11.5 Å². The second-order valence-corrected chi connectivity index (χ2v) is 6.83. The van der Waals surface area contributed by atoms with Crippen molar-refractivity contribution in [3.63, 3.8) is 0 Å². The first-order chi connectivity index (χ1) is 10.8. The lowest BCUT2D eigenvalue weighted by atomic mass is 9.79. The summed E-state index contributed by atoms with van der Waals surface area (Å²) in [4.78, 5) is 0. The van der Waals surface area contributed by atoms with Crippen LogP contribution in [0.15, 0.2) is 48.5 Å².